The van der Waals surface area contributed by atoms with Crippen LogP contribution in [0.4, 0.5) is 13.2 Å². The third-order valence-electron chi connectivity index (χ3n) is 5.28. The molecule has 0 amide bonds. The molecule has 2 fully saturated rings. The Balaban J connectivity index is 1.64. The van der Waals surface area contributed by atoms with Crippen LogP contribution >= 0.6 is 0 Å². The van der Waals surface area contributed by atoms with E-state index in [0.717, 1.165) is 31.0 Å². The molecule has 5 nitrogen and oxygen atoms in total. The minimum atomic E-state index is -4.57. The molecule has 9 heteroatoms. The number of fused-ring (bicyclic) bond motifs is 2. The van der Waals surface area contributed by atoms with Crippen LogP contribution in [0.3, 0.4) is 0 Å². The number of aromatic nitrogens is 2. The summed E-state index contributed by atoms with van der Waals surface area (Å²) in [5.74, 6) is 0. The predicted molar refractivity (Wildman–Crippen MR) is 87.8 cm³/mol. The van der Waals surface area contributed by atoms with Gasteiger partial charge in [0.1, 0.15) is 0 Å². The van der Waals surface area contributed by atoms with E-state index in [1.165, 1.54) is 10.4 Å². The highest BCUT2D eigenvalue weighted by Crippen LogP contribution is 2.44. The highest BCUT2D eigenvalue weighted by Gasteiger charge is 2.48. The van der Waals surface area contributed by atoms with Gasteiger partial charge in [-0.3, -0.25) is 4.68 Å². The monoisotopic (exact) mass is 385 g/mol. The van der Waals surface area contributed by atoms with Crippen molar-refractivity contribution in [2.24, 2.45) is 0 Å². The number of hydrogen-bond donors (Lipinski definition) is 0. The molecular weight excluding hydrogens is 367 g/mol. The van der Waals surface area contributed by atoms with Crippen molar-refractivity contribution in [3.05, 3.63) is 48.3 Å². The van der Waals surface area contributed by atoms with Crippen molar-refractivity contribution in [1.82, 2.24) is 14.1 Å². The molecule has 1 aromatic heterocycles. The fourth-order valence-electron chi connectivity index (χ4n) is 4.16. The summed E-state index contributed by atoms with van der Waals surface area (Å²) in [6, 6.07) is 5.54. The second-order valence-electron chi connectivity index (χ2n) is 6.86. The Morgan fingerprint density at radius 2 is 1.73 bits per heavy atom. The van der Waals surface area contributed by atoms with Gasteiger partial charge in [-0.1, -0.05) is 6.07 Å². The summed E-state index contributed by atoms with van der Waals surface area (Å²) in [4.78, 5) is -0.290. The van der Waals surface area contributed by atoms with Gasteiger partial charge >= 0.3 is 6.18 Å². The largest absolute Gasteiger partial charge is 0.416 e. The van der Waals surface area contributed by atoms with Crippen LogP contribution in [0.5, 0.6) is 0 Å². The van der Waals surface area contributed by atoms with E-state index in [1.807, 2.05) is 16.9 Å². The number of alkyl halides is 3. The fourth-order valence-corrected chi connectivity index (χ4v) is 6.10. The van der Waals surface area contributed by atoms with Crippen molar-refractivity contribution >= 4 is 10.0 Å². The van der Waals surface area contributed by atoms with Crippen molar-refractivity contribution in [2.75, 3.05) is 0 Å². The topological polar surface area (TPSA) is 55.2 Å². The minimum absolute atomic E-state index is 0.121. The third kappa shape index (κ3) is 2.92. The van der Waals surface area contributed by atoms with Gasteiger partial charge in [-0.25, -0.2) is 8.42 Å². The average Bonchev–Trinajstić information content (AvgIpc) is 3.21. The van der Waals surface area contributed by atoms with Gasteiger partial charge in [0.15, 0.2) is 0 Å². The van der Waals surface area contributed by atoms with Crippen molar-refractivity contribution < 1.29 is 21.6 Å². The van der Waals surface area contributed by atoms with E-state index < -0.39 is 21.8 Å². The molecule has 2 atom stereocenters. The lowest BCUT2D eigenvalue weighted by Crippen LogP contribution is -2.46. The van der Waals surface area contributed by atoms with E-state index >= 15 is 0 Å². The molecule has 2 aliphatic heterocycles. The Morgan fingerprint density at radius 1 is 1.04 bits per heavy atom. The van der Waals surface area contributed by atoms with Gasteiger partial charge in [-0.2, -0.15) is 22.6 Å². The summed E-state index contributed by atoms with van der Waals surface area (Å²) in [5, 5.41) is 4.24. The summed E-state index contributed by atoms with van der Waals surface area (Å²) in [5.41, 5.74) is -0.947. The fraction of sp³-hybridized carbons (Fsp3) is 0.471. The maximum absolute atomic E-state index is 13.1. The summed E-state index contributed by atoms with van der Waals surface area (Å²) in [6.45, 7) is 0. The lowest BCUT2D eigenvalue weighted by atomic mass is 10.00. The molecule has 0 N–H and O–H groups in total. The van der Waals surface area contributed by atoms with Crippen LogP contribution in [0, 0.1) is 0 Å². The van der Waals surface area contributed by atoms with Gasteiger partial charge in [0, 0.05) is 24.5 Å². The van der Waals surface area contributed by atoms with Gasteiger partial charge in [0.05, 0.1) is 16.5 Å². The van der Waals surface area contributed by atoms with E-state index in [9.17, 15) is 21.6 Å². The number of benzene rings is 1. The Morgan fingerprint density at radius 3 is 2.31 bits per heavy atom. The van der Waals surface area contributed by atoms with Gasteiger partial charge in [-0.05, 0) is 49.9 Å². The molecule has 0 aliphatic carbocycles. The van der Waals surface area contributed by atoms with Crippen molar-refractivity contribution in [2.45, 2.75) is 54.9 Å². The number of sulfonamides is 1. The SMILES string of the molecule is O=S(=O)(c1cccc(C(F)(F)F)c1)N1C2CCC1CC(n1cccn1)C2. The number of halogens is 3. The average molecular weight is 385 g/mol. The van der Waals surface area contributed by atoms with Gasteiger partial charge in [0.2, 0.25) is 10.0 Å². The highest BCUT2D eigenvalue weighted by molar-refractivity contribution is 7.89. The maximum atomic E-state index is 13.1. The summed E-state index contributed by atoms with van der Waals surface area (Å²) >= 11 is 0. The molecule has 2 bridgehead atoms. The molecule has 3 heterocycles. The number of nitrogens with zero attached hydrogens (tertiary/aromatic N) is 3. The first kappa shape index (κ1) is 17.5. The molecule has 26 heavy (non-hydrogen) atoms. The van der Waals surface area contributed by atoms with E-state index in [4.69, 9.17) is 0 Å². The van der Waals surface area contributed by atoms with Crippen LogP contribution in [-0.2, 0) is 16.2 Å². The van der Waals surface area contributed by atoms with E-state index in [-0.39, 0.29) is 23.0 Å². The first-order chi connectivity index (χ1) is 12.3. The van der Waals surface area contributed by atoms with E-state index in [2.05, 4.69) is 5.10 Å². The molecule has 2 aromatic rings. The second kappa shape index (κ2) is 6.09. The minimum Gasteiger partial charge on any atom is -0.270 e. The van der Waals surface area contributed by atoms with Gasteiger partial charge < -0.3 is 0 Å². The first-order valence-corrected chi connectivity index (χ1v) is 9.91. The van der Waals surface area contributed by atoms with Gasteiger partial charge in [-0.15, -0.1) is 0 Å². The van der Waals surface area contributed by atoms with Crippen LogP contribution < -0.4 is 0 Å². The molecule has 0 spiro atoms. The molecule has 2 unspecified atom stereocenters. The Hall–Kier alpha value is -1.87. The number of hydrogen-bond acceptors (Lipinski definition) is 3. The molecule has 1 aromatic carbocycles. The zero-order valence-corrected chi connectivity index (χ0v) is 14.6. The summed E-state index contributed by atoms with van der Waals surface area (Å²) in [7, 11) is -3.97. The zero-order chi connectivity index (χ0) is 18.5. The number of rotatable bonds is 3. The third-order valence-corrected chi connectivity index (χ3v) is 7.28. The van der Waals surface area contributed by atoms with Gasteiger partial charge in [0.25, 0.3) is 0 Å². The quantitative estimate of drug-likeness (QED) is 0.813. The van der Waals surface area contributed by atoms with Crippen LogP contribution in [0.25, 0.3) is 0 Å². The first-order valence-electron chi connectivity index (χ1n) is 8.47. The predicted octanol–water partition coefficient (Wildman–Crippen LogP) is 3.46. The van der Waals surface area contributed by atoms with Crippen molar-refractivity contribution in [3.8, 4) is 0 Å². The Labute approximate surface area is 149 Å². The molecule has 4 rings (SSSR count). The zero-order valence-electron chi connectivity index (χ0n) is 13.8. The van der Waals surface area contributed by atoms with Crippen LogP contribution in [0.2, 0.25) is 0 Å². The maximum Gasteiger partial charge on any atom is 0.416 e. The standard InChI is InChI=1S/C17H18F3N3O2S/c18-17(19,20)12-3-1-4-16(9-12)26(24,25)23-13-5-6-14(23)11-15(10-13)22-8-2-7-21-22/h1-4,7-9,13-15H,5-6,10-11H2. The molecule has 0 saturated carbocycles. The normalized spacial score (nSPS) is 27.0. The molecule has 2 saturated heterocycles. The lowest BCUT2D eigenvalue weighted by Gasteiger charge is -2.38. The van der Waals surface area contributed by atoms with E-state index in [1.54, 1.807) is 6.20 Å². The Kier molecular flexibility index (Phi) is 4.11. The smallest absolute Gasteiger partial charge is 0.270 e. The lowest BCUT2D eigenvalue weighted by molar-refractivity contribution is -0.137. The summed E-state index contributed by atoms with van der Waals surface area (Å²) in [6.07, 6.45) is 1.67. The Bertz CT molecular complexity index is 882. The summed E-state index contributed by atoms with van der Waals surface area (Å²) < 4.78 is 68.3. The van der Waals surface area contributed by atoms with Crippen LogP contribution in [0.15, 0.2) is 47.6 Å². The van der Waals surface area contributed by atoms with Crippen molar-refractivity contribution in [3.63, 3.8) is 0 Å². The van der Waals surface area contributed by atoms with Crippen LogP contribution in [-0.4, -0.2) is 34.6 Å². The van der Waals surface area contributed by atoms with Crippen LogP contribution in [0.1, 0.15) is 37.3 Å². The molecule has 0 radical (unpaired) electrons. The molecule has 2 aliphatic rings. The van der Waals surface area contributed by atoms with E-state index in [0.29, 0.717) is 12.8 Å². The number of piperidine rings is 1. The molecule has 140 valence electrons. The second-order valence-corrected chi connectivity index (χ2v) is 8.70. The molecular formula is C17H18F3N3O2S. The van der Waals surface area contributed by atoms with Crippen molar-refractivity contribution in [1.29, 1.82) is 0 Å². The highest BCUT2D eigenvalue weighted by atomic mass is 32.2.